The fraction of sp³-hybridized carbons (Fsp3) is 0.500. The van der Waals surface area contributed by atoms with Crippen molar-refractivity contribution in [2.45, 2.75) is 26.4 Å². The topological polar surface area (TPSA) is 71.2 Å². The van der Waals surface area contributed by atoms with E-state index in [9.17, 15) is 4.79 Å². The molecule has 1 atom stereocenters. The molecule has 23 heavy (non-hydrogen) atoms. The Labute approximate surface area is 144 Å². The summed E-state index contributed by atoms with van der Waals surface area (Å²) in [6, 6.07) is 1.92. The van der Waals surface area contributed by atoms with Crippen molar-refractivity contribution in [3.05, 3.63) is 38.0 Å². The fourth-order valence-electron chi connectivity index (χ4n) is 2.91. The van der Waals surface area contributed by atoms with Crippen molar-refractivity contribution in [2.24, 2.45) is 11.7 Å². The van der Waals surface area contributed by atoms with E-state index >= 15 is 0 Å². The van der Waals surface area contributed by atoms with Crippen molar-refractivity contribution in [3.63, 3.8) is 0 Å². The maximum atomic E-state index is 11.3. The highest BCUT2D eigenvalue weighted by Crippen LogP contribution is 2.22. The Balaban J connectivity index is 1.70. The summed E-state index contributed by atoms with van der Waals surface area (Å²) in [6.45, 7) is 7.10. The van der Waals surface area contributed by atoms with Gasteiger partial charge in [0, 0.05) is 34.8 Å². The number of amides is 1. The summed E-state index contributed by atoms with van der Waals surface area (Å²) in [7, 11) is 0. The van der Waals surface area contributed by atoms with E-state index in [2.05, 4.69) is 22.1 Å². The predicted octanol–water partition coefficient (Wildman–Crippen LogP) is 2.22. The molecule has 2 aromatic heterocycles. The van der Waals surface area contributed by atoms with Crippen molar-refractivity contribution in [2.75, 3.05) is 19.6 Å². The number of carbonyl (C=O) groups excluding carboxylic acids is 1. The molecule has 2 aromatic rings. The van der Waals surface area contributed by atoms with Crippen LogP contribution < -0.4 is 11.1 Å². The monoisotopic (exact) mass is 350 g/mol. The van der Waals surface area contributed by atoms with E-state index in [4.69, 9.17) is 5.73 Å². The highest BCUT2D eigenvalue weighted by atomic mass is 32.1. The number of hydrogen-bond acceptors (Lipinski definition) is 6. The van der Waals surface area contributed by atoms with Crippen molar-refractivity contribution >= 4 is 28.6 Å². The van der Waals surface area contributed by atoms with E-state index < -0.39 is 0 Å². The highest BCUT2D eigenvalue weighted by molar-refractivity contribution is 7.10. The van der Waals surface area contributed by atoms with E-state index in [-0.39, 0.29) is 5.91 Å². The molecule has 3 N–H and O–H groups in total. The second-order valence-electron chi connectivity index (χ2n) is 6.06. The summed E-state index contributed by atoms with van der Waals surface area (Å²) in [5.74, 6) is 0.344. The normalized spacial score (nSPS) is 17.9. The van der Waals surface area contributed by atoms with Crippen LogP contribution in [0, 0.1) is 12.8 Å². The third kappa shape index (κ3) is 4.38. The number of thiazole rings is 1. The molecule has 0 bridgehead atoms. The number of aryl methyl sites for hydroxylation is 1. The molecule has 1 fully saturated rings. The van der Waals surface area contributed by atoms with E-state index in [1.54, 1.807) is 22.7 Å². The zero-order valence-electron chi connectivity index (χ0n) is 13.2. The largest absolute Gasteiger partial charge is 0.366 e. The first-order valence-electron chi connectivity index (χ1n) is 7.81. The summed E-state index contributed by atoms with van der Waals surface area (Å²) in [5.41, 5.74) is 9.00. The van der Waals surface area contributed by atoms with Gasteiger partial charge in [0.25, 0.3) is 0 Å². The first kappa shape index (κ1) is 16.6. The number of primary amides is 1. The Bertz CT molecular complexity index is 661. The Morgan fingerprint density at radius 2 is 2.35 bits per heavy atom. The average Bonchev–Trinajstić information content (AvgIpc) is 3.23. The lowest BCUT2D eigenvalue weighted by molar-refractivity contribution is 0.100. The molecule has 0 spiro atoms. The van der Waals surface area contributed by atoms with Crippen LogP contribution >= 0.6 is 22.7 Å². The lowest BCUT2D eigenvalue weighted by atomic mass is 10.1. The summed E-state index contributed by atoms with van der Waals surface area (Å²) in [6.07, 6.45) is 1.23. The highest BCUT2D eigenvalue weighted by Gasteiger charge is 2.20. The van der Waals surface area contributed by atoms with Crippen LogP contribution in [-0.2, 0) is 13.1 Å². The first-order chi connectivity index (χ1) is 11.1. The second-order valence-corrected chi connectivity index (χ2v) is 7.99. The zero-order valence-corrected chi connectivity index (χ0v) is 14.9. The number of thiophene rings is 1. The smallest absolute Gasteiger partial charge is 0.249 e. The van der Waals surface area contributed by atoms with E-state index in [1.807, 2.05) is 17.0 Å². The van der Waals surface area contributed by atoms with Gasteiger partial charge in [-0.1, -0.05) is 0 Å². The van der Waals surface area contributed by atoms with Gasteiger partial charge in [0.05, 0.1) is 16.8 Å². The molecule has 5 nitrogen and oxygen atoms in total. The van der Waals surface area contributed by atoms with Gasteiger partial charge in [0.1, 0.15) is 0 Å². The molecule has 1 saturated heterocycles. The first-order valence-corrected chi connectivity index (χ1v) is 9.57. The van der Waals surface area contributed by atoms with Gasteiger partial charge < -0.3 is 11.1 Å². The number of nitrogens with one attached hydrogen (secondary N) is 1. The SMILES string of the molecule is Cc1ncsc1CN(Cc1cc(C(N)=O)cs1)CC1CCNC1. The van der Waals surface area contributed by atoms with Crippen molar-refractivity contribution < 1.29 is 4.79 Å². The van der Waals surface area contributed by atoms with Gasteiger partial charge >= 0.3 is 0 Å². The van der Waals surface area contributed by atoms with Crippen LogP contribution in [0.3, 0.4) is 0 Å². The summed E-state index contributed by atoms with van der Waals surface area (Å²) in [5, 5.41) is 5.29. The van der Waals surface area contributed by atoms with Crippen molar-refractivity contribution in [1.82, 2.24) is 15.2 Å². The second kappa shape index (κ2) is 7.53. The molecule has 1 unspecified atom stereocenters. The lowest BCUT2D eigenvalue weighted by Gasteiger charge is -2.24. The summed E-state index contributed by atoms with van der Waals surface area (Å²) >= 11 is 3.33. The van der Waals surface area contributed by atoms with Crippen LogP contribution in [-0.4, -0.2) is 35.4 Å². The van der Waals surface area contributed by atoms with Crippen LogP contribution in [0.1, 0.15) is 32.2 Å². The minimum absolute atomic E-state index is 0.350. The lowest BCUT2D eigenvalue weighted by Crippen LogP contribution is -2.29. The minimum atomic E-state index is -0.350. The number of nitrogens with two attached hydrogens (primary N) is 1. The molecule has 1 aliphatic heterocycles. The number of rotatable bonds is 7. The van der Waals surface area contributed by atoms with Crippen LogP contribution in [0.4, 0.5) is 0 Å². The van der Waals surface area contributed by atoms with Gasteiger partial charge in [-0.15, -0.1) is 22.7 Å². The number of hydrogen-bond donors (Lipinski definition) is 2. The standard InChI is InChI=1S/C16H22N4OS2/c1-11-15(23-10-19-11)8-20(6-12-2-3-18-5-12)7-14-4-13(9-22-14)16(17)21/h4,9-10,12,18H,2-3,5-8H2,1H3,(H2,17,21). The summed E-state index contributed by atoms with van der Waals surface area (Å²) in [4.78, 5) is 20.6. The number of aromatic nitrogens is 1. The molecular formula is C16H22N4OS2. The third-order valence-corrected chi connectivity index (χ3v) is 6.05. The Morgan fingerprint density at radius 1 is 1.48 bits per heavy atom. The van der Waals surface area contributed by atoms with Gasteiger partial charge in [0.15, 0.2) is 0 Å². The summed E-state index contributed by atoms with van der Waals surface area (Å²) < 4.78 is 0. The molecule has 124 valence electrons. The molecule has 0 saturated carbocycles. The van der Waals surface area contributed by atoms with Gasteiger partial charge in [-0.3, -0.25) is 9.69 Å². The number of carbonyl (C=O) groups is 1. The molecule has 3 heterocycles. The predicted molar refractivity (Wildman–Crippen MR) is 94.8 cm³/mol. The Morgan fingerprint density at radius 3 is 2.96 bits per heavy atom. The maximum absolute atomic E-state index is 11.3. The van der Waals surface area contributed by atoms with Crippen LogP contribution in [0.25, 0.3) is 0 Å². The van der Waals surface area contributed by atoms with E-state index in [0.29, 0.717) is 11.5 Å². The molecule has 7 heteroatoms. The molecule has 1 amide bonds. The minimum Gasteiger partial charge on any atom is -0.366 e. The maximum Gasteiger partial charge on any atom is 0.249 e. The molecule has 0 aromatic carbocycles. The number of nitrogens with zero attached hydrogens (tertiary/aromatic N) is 2. The Hall–Kier alpha value is -1.28. The Kier molecular flexibility index (Phi) is 5.42. The van der Waals surface area contributed by atoms with Crippen molar-refractivity contribution in [3.8, 4) is 0 Å². The molecule has 0 aliphatic carbocycles. The third-order valence-electron chi connectivity index (χ3n) is 4.21. The van der Waals surface area contributed by atoms with Crippen LogP contribution in [0.15, 0.2) is 17.0 Å². The molecule has 3 rings (SSSR count). The van der Waals surface area contributed by atoms with Crippen LogP contribution in [0.5, 0.6) is 0 Å². The molecular weight excluding hydrogens is 328 g/mol. The van der Waals surface area contributed by atoms with E-state index in [0.717, 1.165) is 38.4 Å². The quantitative estimate of drug-likeness (QED) is 0.803. The fourth-order valence-corrected chi connectivity index (χ4v) is 4.65. The van der Waals surface area contributed by atoms with Gasteiger partial charge in [-0.25, -0.2) is 4.98 Å². The molecule has 1 aliphatic rings. The van der Waals surface area contributed by atoms with Gasteiger partial charge in [-0.05, 0) is 38.4 Å². The van der Waals surface area contributed by atoms with Crippen LogP contribution in [0.2, 0.25) is 0 Å². The van der Waals surface area contributed by atoms with Gasteiger partial charge in [-0.2, -0.15) is 0 Å². The average molecular weight is 351 g/mol. The van der Waals surface area contributed by atoms with Gasteiger partial charge in [0.2, 0.25) is 5.91 Å². The molecule has 0 radical (unpaired) electrons. The zero-order chi connectivity index (χ0) is 16.2. The van der Waals surface area contributed by atoms with E-state index in [1.165, 1.54) is 16.2 Å². The van der Waals surface area contributed by atoms with Crippen molar-refractivity contribution in [1.29, 1.82) is 0 Å².